The van der Waals surface area contributed by atoms with Crippen molar-refractivity contribution in [1.82, 2.24) is 0 Å². The second-order valence-corrected chi connectivity index (χ2v) is 5.96. The molecule has 0 bridgehead atoms. The van der Waals surface area contributed by atoms with Crippen LogP contribution < -0.4 is 11.5 Å². The number of hydrogen-bond donors (Lipinski definition) is 2. The summed E-state index contributed by atoms with van der Waals surface area (Å²) in [4.78, 5) is 0. The summed E-state index contributed by atoms with van der Waals surface area (Å²) in [6.45, 7) is 8.93. The smallest absolute Gasteiger partial charge is 0.374 e. The third kappa shape index (κ3) is 5.05. The summed E-state index contributed by atoms with van der Waals surface area (Å²) in [5, 5.41) is 0. The first-order chi connectivity index (χ1) is 6.95. The molecule has 0 aliphatic rings. The average molecular weight is 236 g/mol. The third-order valence-electron chi connectivity index (χ3n) is 2.15. The number of hydrogen-bond acceptors (Lipinski definition) is 5. The summed E-state index contributed by atoms with van der Waals surface area (Å²) >= 11 is 0. The fourth-order valence-electron chi connectivity index (χ4n) is 1.25. The summed E-state index contributed by atoms with van der Waals surface area (Å²) in [6.07, 6.45) is 0.631. The van der Waals surface area contributed by atoms with Gasteiger partial charge in [0.25, 0.3) is 0 Å². The van der Waals surface area contributed by atoms with E-state index < -0.39 is 14.5 Å². The minimum atomic E-state index is -2.63. The maximum atomic E-state index is 5.97. The summed E-state index contributed by atoms with van der Waals surface area (Å²) in [6, 6.07) is 0. The van der Waals surface area contributed by atoms with Crippen LogP contribution in [0.4, 0.5) is 0 Å². The van der Waals surface area contributed by atoms with Crippen molar-refractivity contribution >= 4 is 8.80 Å². The van der Waals surface area contributed by atoms with Crippen LogP contribution >= 0.6 is 0 Å². The molecule has 0 saturated carbocycles. The van der Waals surface area contributed by atoms with E-state index in [-0.39, 0.29) is 6.54 Å². The molecule has 92 valence electrons. The maximum Gasteiger partial charge on any atom is 0.499 e. The molecule has 0 heterocycles. The Bertz CT molecular complexity index is 171. The van der Waals surface area contributed by atoms with Crippen LogP contribution in [0.3, 0.4) is 0 Å². The van der Waals surface area contributed by atoms with Crippen molar-refractivity contribution in [3.05, 3.63) is 0 Å². The van der Waals surface area contributed by atoms with Gasteiger partial charge in [-0.3, -0.25) is 0 Å². The molecule has 4 N–H and O–H groups in total. The van der Waals surface area contributed by atoms with Crippen molar-refractivity contribution in [2.24, 2.45) is 11.5 Å². The molecule has 0 spiro atoms. The first kappa shape index (κ1) is 15.0. The standard InChI is InChI=1S/C9H24N2O3Si/c1-5-9(11,8-10)14-15(4,12-6-2)13-7-3/h5-8,10-11H2,1-4H3. The second kappa shape index (κ2) is 6.57. The lowest BCUT2D eigenvalue weighted by Crippen LogP contribution is -2.58. The van der Waals surface area contributed by atoms with Crippen molar-refractivity contribution < 1.29 is 13.3 Å². The normalized spacial score (nSPS) is 16.4. The van der Waals surface area contributed by atoms with Crippen molar-refractivity contribution in [3.63, 3.8) is 0 Å². The molecule has 1 unspecified atom stereocenters. The first-order valence-electron chi connectivity index (χ1n) is 5.42. The molecule has 0 aromatic heterocycles. The molecule has 0 fully saturated rings. The summed E-state index contributed by atoms with van der Waals surface area (Å²) in [5.74, 6) is 0. The lowest BCUT2D eigenvalue weighted by Gasteiger charge is -2.35. The van der Waals surface area contributed by atoms with E-state index in [0.29, 0.717) is 19.6 Å². The van der Waals surface area contributed by atoms with E-state index in [4.69, 9.17) is 24.7 Å². The molecule has 5 nitrogen and oxygen atoms in total. The second-order valence-electron chi connectivity index (χ2n) is 3.45. The Labute approximate surface area is 93.4 Å². The van der Waals surface area contributed by atoms with Gasteiger partial charge in [-0.1, -0.05) is 6.92 Å². The molecular formula is C9H24N2O3Si. The van der Waals surface area contributed by atoms with Gasteiger partial charge in [-0.2, -0.15) is 0 Å². The molecule has 0 aromatic carbocycles. The minimum absolute atomic E-state index is 0.256. The largest absolute Gasteiger partial charge is 0.499 e. The molecule has 0 rings (SSSR count). The molecule has 0 aromatic rings. The topological polar surface area (TPSA) is 79.7 Å². The van der Waals surface area contributed by atoms with Gasteiger partial charge >= 0.3 is 8.80 Å². The monoisotopic (exact) mass is 236 g/mol. The van der Waals surface area contributed by atoms with Gasteiger partial charge in [0.05, 0.1) is 0 Å². The van der Waals surface area contributed by atoms with Crippen LogP contribution in [0, 0.1) is 0 Å². The predicted octanol–water partition coefficient (Wildman–Crippen LogP) is 0.668. The van der Waals surface area contributed by atoms with E-state index in [1.165, 1.54) is 0 Å². The summed E-state index contributed by atoms with van der Waals surface area (Å²) in [7, 11) is -2.63. The van der Waals surface area contributed by atoms with E-state index in [0.717, 1.165) is 0 Å². The molecule has 6 heteroatoms. The van der Waals surface area contributed by atoms with Crippen LogP contribution in [0.2, 0.25) is 6.55 Å². The molecule has 15 heavy (non-hydrogen) atoms. The Morgan fingerprint density at radius 1 is 1.13 bits per heavy atom. The fourth-order valence-corrected chi connectivity index (χ4v) is 3.47. The molecule has 1 atom stereocenters. The molecular weight excluding hydrogens is 212 g/mol. The van der Waals surface area contributed by atoms with E-state index in [9.17, 15) is 0 Å². The lowest BCUT2D eigenvalue weighted by atomic mass is 10.2. The highest BCUT2D eigenvalue weighted by Gasteiger charge is 2.41. The van der Waals surface area contributed by atoms with Crippen LogP contribution in [-0.2, 0) is 13.3 Å². The molecule has 0 aliphatic heterocycles. The molecule has 0 amide bonds. The quantitative estimate of drug-likeness (QED) is 0.478. The van der Waals surface area contributed by atoms with Crippen molar-refractivity contribution in [1.29, 1.82) is 0 Å². The third-order valence-corrected chi connectivity index (χ3v) is 4.55. The minimum Gasteiger partial charge on any atom is -0.374 e. The molecule has 0 saturated heterocycles. The molecule has 0 radical (unpaired) electrons. The highest BCUT2D eigenvalue weighted by Crippen LogP contribution is 2.18. The number of nitrogens with two attached hydrogens (primary N) is 2. The van der Waals surface area contributed by atoms with Gasteiger partial charge in [0, 0.05) is 26.3 Å². The van der Waals surface area contributed by atoms with Gasteiger partial charge < -0.3 is 24.7 Å². The fraction of sp³-hybridized carbons (Fsp3) is 1.00. The van der Waals surface area contributed by atoms with E-state index >= 15 is 0 Å². The Morgan fingerprint density at radius 2 is 1.60 bits per heavy atom. The Kier molecular flexibility index (Phi) is 6.57. The van der Waals surface area contributed by atoms with Crippen molar-refractivity contribution in [3.8, 4) is 0 Å². The number of rotatable bonds is 8. The average Bonchev–Trinajstić information content (AvgIpc) is 2.18. The maximum absolute atomic E-state index is 5.97. The Morgan fingerprint density at radius 3 is 1.87 bits per heavy atom. The first-order valence-corrected chi connectivity index (χ1v) is 7.64. The zero-order valence-electron chi connectivity index (χ0n) is 10.2. The highest BCUT2D eigenvalue weighted by molar-refractivity contribution is 6.59. The van der Waals surface area contributed by atoms with Gasteiger partial charge in [0.15, 0.2) is 0 Å². The summed E-state index contributed by atoms with van der Waals surface area (Å²) in [5.41, 5.74) is 10.7. The molecule has 0 aliphatic carbocycles. The van der Waals surface area contributed by atoms with Crippen LogP contribution in [0.15, 0.2) is 0 Å². The van der Waals surface area contributed by atoms with Gasteiger partial charge in [0.2, 0.25) is 0 Å². The van der Waals surface area contributed by atoms with E-state index in [1.807, 2.05) is 27.3 Å². The summed E-state index contributed by atoms with van der Waals surface area (Å²) < 4.78 is 16.8. The van der Waals surface area contributed by atoms with Crippen LogP contribution in [0.5, 0.6) is 0 Å². The Hall–Kier alpha value is 0.0169. The lowest BCUT2D eigenvalue weighted by molar-refractivity contribution is -0.0199. The Balaban J connectivity index is 4.50. The SMILES string of the molecule is CCO[Si](C)(OCC)OC(N)(CC)CN. The van der Waals surface area contributed by atoms with Gasteiger partial charge in [-0.25, -0.2) is 0 Å². The zero-order chi connectivity index (χ0) is 11.9. The van der Waals surface area contributed by atoms with Gasteiger partial charge in [-0.05, 0) is 20.3 Å². The van der Waals surface area contributed by atoms with Crippen LogP contribution in [0.25, 0.3) is 0 Å². The predicted molar refractivity (Wildman–Crippen MR) is 62.2 cm³/mol. The van der Waals surface area contributed by atoms with Gasteiger partial charge in [0.1, 0.15) is 5.72 Å². The zero-order valence-corrected chi connectivity index (χ0v) is 11.2. The van der Waals surface area contributed by atoms with Crippen molar-refractivity contribution in [2.75, 3.05) is 19.8 Å². The van der Waals surface area contributed by atoms with Crippen LogP contribution in [0.1, 0.15) is 27.2 Å². The van der Waals surface area contributed by atoms with E-state index in [1.54, 1.807) is 0 Å². The van der Waals surface area contributed by atoms with Crippen LogP contribution in [-0.4, -0.2) is 34.3 Å². The van der Waals surface area contributed by atoms with E-state index in [2.05, 4.69) is 0 Å². The van der Waals surface area contributed by atoms with Gasteiger partial charge in [-0.15, -0.1) is 0 Å². The highest BCUT2D eigenvalue weighted by atomic mass is 28.4. The van der Waals surface area contributed by atoms with Crippen molar-refractivity contribution in [2.45, 2.75) is 39.5 Å².